The minimum Gasteiger partial charge on any atom is -0.379 e. The summed E-state index contributed by atoms with van der Waals surface area (Å²) in [6.45, 7) is 1.37. The van der Waals surface area contributed by atoms with E-state index in [9.17, 15) is 22.8 Å². The highest BCUT2D eigenvalue weighted by molar-refractivity contribution is 7.89. The monoisotopic (exact) mass is 526 g/mol. The molecule has 0 atom stereocenters. The number of morpholine rings is 1. The highest BCUT2D eigenvalue weighted by Crippen LogP contribution is 2.27. The molecular formula is C24H22N4O6S2. The first-order valence-corrected chi connectivity index (χ1v) is 13.6. The van der Waals surface area contributed by atoms with E-state index in [0.717, 1.165) is 4.90 Å². The van der Waals surface area contributed by atoms with Crippen molar-refractivity contribution in [1.29, 1.82) is 0 Å². The molecule has 1 aromatic heterocycles. The SMILES string of the molecule is O=C(CCN1C(=O)c2ccccc2C1=O)Nc1nc(-c2ccc(S(=O)(=O)N3CCOCC3)cc2)cs1. The van der Waals surface area contributed by atoms with Crippen LogP contribution in [0.25, 0.3) is 11.3 Å². The number of thiazole rings is 1. The molecule has 1 fully saturated rings. The first-order valence-electron chi connectivity index (χ1n) is 11.2. The van der Waals surface area contributed by atoms with Crippen LogP contribution >= 0.6 is 11.3 Å². The average molecular weight is 527 g/mol. The molecule has 0 spiro atoms. The van der Waals surface area contributed by atoms with Crippen LogP contribution in [0.15, 0.2) is 58.8 Å². The lowest BCUT2D eigenvalue weighted by molar-refractivity contribution is -0.116. The summed E-state index contributed by atoms with van der Waals surface area (Å²) >= 11 is 1.22. The maximum Gasteiger partial charge on any atom is 0.261 e. The minimum atomic E-state index is -3.58. The van der Waals surface area contributed by atoms with Gasteiger partial charge in [0, 0.05) is 37.0 Å². The highest BCUT2D eigenvalue weighted by Gasteiger charge is 2.35. The van der Waals surface area contributed by atoms with Crippen molar-refractivity contribution < 1.29 is 27.5 Å². The van der Waals surface area contributed by atoms with Crippen molar-refractivity contribution >= 4 is 44.2 Å². The Morgan fingerprint density at radius 2 is 1.64 bits per heavy atom. The number of ether oxygens (including phenoxy) is 1. The second-order valence-corrected chi connectivity index (χ2v) is 11.0. The van der Waals surface area contributed by atoms with Crippen LogP contribution < -0.4 is 5.32 Å². The van der Waals surface area contributed by atoms with Crippen LogP contribution in [-0.4, -0.2) is 73.2 Å². The Balaban J connectivity index is 1.19. The maximum absolute atomic E-state index is 12.8. The Labute approximate surface area is 211 Å². The molecule has 186 valence electrons. The van der Waals surface area contributed by atoms with Crippen LogP contribution in [-0.2, 0) is 19.6 Å². The predicted molar refractivity (Wildman–Crippen MR) is 132 cm³/mol. The van der Waals surface area contributed by atoms with Gasteiger partial charge in [-0.3, -0.25) is 19.3 Å². The molecule has 2 aromatic carbocycles. The Bertz CT molecular complexity index is 1390. The van der Waals surface area contributed by atoms with E-state index in [1.165, 1.54) is 15.6 Å². The second kappa shape index (κ2) is 9.90. The molecule has 0 saturated carbocycles. The summed E-state index contributed by atoms with van der Waals surface area (Å²) < 4.78 is 32.2. The lowest BCUT2D eigenvalue weighted by Gasteiger charge is -2.26. The van der Waals surface area contributed by atoms with E-state index < -0.39 is 21.8 Å². The van der Waals surface area contributed by atoms with Crippen molar-refractivity contribution in [3.8, 4) is 11.3 Å². The number of sulfonamides is 1. The number of aromatic nitrogens is 1. The van der Waals surface area contributed by atoms with Crippen LogP contribution in [0.5, 0.6) is 0 Å². The molecular weight excluding hydrogens is 504 g/mol. The number of nitrogens with one attached hydrogen (secondary N) is 1. The van der Waals surface area contributed by atoms with Gasteiger partial charge in [-0.15, -0.1) is 11.3 Å². The number of rotatable bonds is 7. The Morgan fingerprint density at radius 1 is 1.00 bits per heavy atom. The van der Waals surface area contributed by atoms with Gasteiger partial charge in [-0.2, -0.15) is 4.31 Å². The predicted octanol–water partition coefficient (Wildman–Crippen LogP) is 2.46. The van der Waals surface area contributed by atoms with Crippen LogP contribution in [0.4, 0.5) is 5.13 Å². The number of benzene rings is 2. The van der Waals surface area contributed by atoms with Crippen molar-refractivity contribution in [3.63, 3.8) is 0 Å². The third kappa shape index (κ3) is 4.67. The molecule has 0 radical (unpaired) electrons. The summed E-state index contributed by atoms with van der Waals surface area (Å²) in [7, 11) is -3.58. The first-order chi connectivity index (χ1) is 17.3. The molecule has 1 N–H and O–H groups in total. The zero-order valence-corrected chi connectivity index (χ0v) is 20.7. The number of carbonyl (C=O) groups is 3. The Morgan fingerprint density at radius 3 is 2.28 bits per heavy atom. The quantitative estimate of drug-likeness (QED) is 0.469. The zero-order valence-electron chi connectivity index (χ0n) is 19.0. The van der Waals surface area contributed by atoms with Gasteiger partial charge in [0.2, 0.25) is 15.9 Å². The fraction of sp³-hybridized carbons (Fsp3) is 0.250. The molecule has 2 aliphatic heterocycles. The summed E-state index contributed by atoms with van der Waals surface area (Å²) in [4.78, 5) is 43.0. The van der Waals surface area contributed by atoms with Gasteiger partial charge in [0.25, 0.3) is 11.8 Å². The summed E-state index contributed by atoms with van der Waals surface area (Å²) in [5.74, 6) is -1.18. The van der Waals surface area contributed by atoms with Gasteiger partial charge in [0.15, 0.2) is 5.13 Å². The molecule has 0 aliphatic carbocycles. The van der Waals surface area contributed by atoms with Crippen LogP contribution in [0, 0.1) is 0 Å². The van der Waals surface area contributed by atoms with E-state index in [1.807, 2.05) is 0 Å². The number of carbonyl (C=O) groups excluding carboxylic acids is 3. The molecule has 1 saturated heterocycles. The number of hydrogen-bond donors (Lipinski definition) is 1. The smallest absolute Gasteiger partial charge is 0.261 e. The molecule has 36 heavy (non-hydrogen) atoms. The van der Waals surface area contributed by atoms with Crippen molar-refractivity contribution in [1.82, 2.24) is 14.2 Å². The van der Waals surface area contributed by atoms with Gasteiger partial charge in [-0.25, -0.2) is 13.4 Å². The molecule has 3 amide bonds. The Kier molecular flexibility index (Phi) is 6.67. The maximum atomic E-state index is 12.8. The lowest BCUT2D eigenvalue weighted by atomic mass is 10.1. The van der Waals surface area contributed by atoms with Gasteiger partial charge < -0.3 is 10.1 Å². The van der Waals surface area contributed by atoms with E-state index >= 15 is 0 Å². The first kappa shape index (κ1) is 24.3. The molecule has 12 heteroatoms. The van der Waals surface area contributed by atoms with Gasteiger partial charge in [0.05, 0.1) is 34.9 Å². The zero-order chi connectivity index (χ0) is 25.3. The molecule has 0 bridgehead atoms. The molecule has 3 aromatic rings. The van der Waals surface area contributed by atoms with Gasteiger partial charge >= 0.3 is 0 Å². The fourth-order valence-corrected chi connectivity index (χ4v) is 6.18. The third-order valence-corrected chi connectivity index (χ3v) is 8.62. The standard InChI is InChI=1S/C24H22N4O6S2/c29-21(9-10-28-22(30)18-3-1-2-4-19(18)23(28)31)26-24-25-20(15-35-24)16-5-7-17(8-6-16)36(32,33)27-11-13-34-14-12-27/h1-8,15H,9-14H2,(H,25,26,29). The molecule has 3 heterocycles. The van der Waals surface area contributed by atoms with Crippen LogP contribution in [0.2, 0.25) is 0 Å². The summed E-state index contributed by atoms with van der Waals surface area (Å²) in [5.41, 5.74) is 1.98. The lowest BCUT2D eigenvalue weighted by Crippen LogP contribution is -2.40. The van der Waals surface area contributed by atoms with E-state index in [1.54, 1.807) is 53.9 Å². The van der Waals surface area contributed by atoms with E-state index in [0.29, 0.717) is 53.8 Å². The largest absolute Gasteiger partial charge is 0.379 e. The van der Waals surface area contributed by atoms with Crippen molar-refractivity contribution in [2.45, 2.75) is 11.3 Å². The molecule has 0 unspecified atom stereocenters. The highest BCUT2D eigenvalue weighted by atomic mass is 32.2. The summed E-state index contributed by atoms with van der Waals surface area (Å²) in [6, 6.07) is 13.0. The Hall–Kier alpha value is -3.45. The second-order valence-electron chi connectivity index (χ2n) is 8.18. The number of imide groups is 1. The van der Waals surface area contributed by atoms with Gasteiger partial charge in [-0.1, -0.05) is 24.3 Å². The van der Waals surface area contributed by atoms with Crippen molar-refractivity contribution in [2.24, 2.45) is 0 Å². The summed E-state index contributed by atoms with van der Waals surface area (Å²) in [6.07, 6.45) is -0.0610. The molecule has 2 aliphatic rings. The summed E-state index contributed by atoms with van der Waals surface area (Å²) in [5, 5.41) is 4.81. The van der Waals surface area contributed by atoms with E-state index in [2.05, 4.69) is 10.3 Å². The fourth-order valence-electron chi connectivity index (χ4n) is 4.03. The number of hydrogen-bond acceptors (Lipinski definition) is 8. The van der Waals surface area contributed by atoms with Crippen molar-refractivity contribution in [3.05, 3.63) is 65.0 Å². The molecule has 5 rings (SSSR count). The van der Waals surface area contributed by atoms with Crippen LogP contribution in [0.3, 0.4) is 0 Å². The number of amides is 3. The number of fused-ring (bicyclic) bond motifs is 1. The molecule has 10 nitrogen and oxygen atoms in total. The third-order valence-electron chi connectivity index (χ3n) is 5.95. The number of nitrogens with zero attached hydrogens (tertiary/aromatic N) is 3. The average Bonchev–Trinajstić information content (AvgIpc) is 3.46. The number of anilines is 1. The van der Waals surface area contributed by atoms with Crippen LogP contribution in [0.1, 0.15) is 27.1 Å². The van der Waals surface area contributed by atoms with E-state index in [4.69, 9.17) is 4.74 Å². The van der Waals surface area contributed by atoms with Crippen molar-refractivity contribution in [2.75, 3.05) is 38.2 Å². The van der Waals surface area contributed by atoms with Gasteiger partial charge in [0.1, 0.15) is 0 Å². The topological polar surface area (TPSA) is 126 Å². The normalized spacial score (nSPS) is 16.3. The van der Waals surface area contributed by atoms with Gasteiger partial charge in [-0.05, 0) is 24.3 Å². The van der Waals surface area contributed by atoms with E-state index in [-0.39, 0.29) is 23.8 Å². The minimum absolute atomic E-state index is 0.0323.